The lowest BCUT2D eigenvalue weighted by Crippen LogP contribution is -2.36. The molecule has 2 aromatic rings. The van der Waals surface area contributed by atoms with E-state index in [1.54, 1.807) is 18.4 Å². The highest BCUT2D eigenvalue weighted by Crippen LogP contribution is 2.29. The average molecular weight is 355 g/mol. The van der Waals surface area contributed by atoms with Gasteiger partial charge >= 0.3 is 0 Å². The van der Waals surface area contributed by atoms with Crippen LogP contribution in [0.4, 0.5) is 0 Å². The Morgan fingerprint density at radius 2 is 1.91 bits per heavy atom. The quantitative estimate of drug-likeness (QED) is 0.825. The molecule has 0 spiro atoms. The van der Waals surface area contributed by atoms with Crippen molar-refractivity contribution in [3.8, 4) is 16.3 Å². The van der Waals surface area contributed by atoms with Gasteiger partial charge in [0.1, 0.15) is 10.8 Å². The number of benzene rings is 1. The summed E-state index contributed by atoms with van der Waals surface area (Å²) in [7, 11) is 1.26. The molecule has 0 aliphatic heterocycles. The highest BCUT2D eigenvalue weighted by Gasteiger charge is 2.14. The van der Waals surface area contributed by atoms with Crippen molar-refractivity contribution in [3.63, 3.8) is 0 Å². The third-order valence-electron chi connectivity index (χ3n) is 3.35. The van der Waals surface area contributed by atoms with Crippen LogP contribution in [0.2, 0.25) is 0 Å². The van der Waals surface area contributed by atoms with E-state index in [0.29, 0.717) is 13.0 Å². The molecule has 0 fully saturated rings. The largest absolute Gasteiger partial charge is 0.497 e. The Bertz CT molecular complexity index is 753. The van der Waals surface area contributed by atoms with E-state index in [-0.39, 0.29) is 0 Å². The van der Waals surface area contributed by atoms with Gasteiger partial charge < -0.3 is 4.74 Å². The first-order valence-corrected chi connectivity index (χ1v) is 9.37. The summed E-state index contributed by atoms with van der Waals surface area (Å²) < 4.78 is 32.2. The second-order valence-electron chi connectivity index (χ2n) is 5.19. The van der Waals surface area contributed by atoms with Gasteiger partial charge in [-0.1, -0.05) is 0 Å². The summed E-state index contributed by atoms with van der Waals surface area (Å²) in [6, 6.07) is 7.74. The maximum Gasteiger partial charge on any atom is 0.278 e. The van der Waals surface area contributed by atoms with Crippen LogP contribution >= 0.6 is 11.3 Å². The van der Waals surface area contributed by atoms with Gasteiger partial charge in [0.05, 0.1) is 12.8 Å². The van der Waals surface area contributed by atoms with E-state index in [9.17, 15) is 8.42 Å². The Morgan fingerprint density at radius 1 is 1.26 bits per heavy atom. The van der Waals surface area contributed by atoms with Gasteiger partial charge in [-0.2, -0.15) is 12.7 Å². The molecule has 1 aromatic carbocycles. The fourth-order valence-corrected chi connectivity index (χ4v) is 3.63. The zero-order valence-electron chi connectivity index (χ0n) is 13.7. The van der Waals surface area contributed by atoms with Crippen LogP contribution in [-0.4, -0.2) is 45.5 Å². The molecular weight excluding hydrogens is 334 g/mol. The van der Waals surface area contributed by atoms with Gasteiger partial charge in [-0.25, -0.2) is 9.71 Å². The van der Waals surface area contributed by atoms with Gasteiger partial charge in [-0.15, -0.1) is 11.3 Å². The van der Waals surface area contributed by atoms with Gasteiger partial charge in [0.2, 0.25) is 0 Å². The summed E-state index contributed by atoms with van der Waals surface area (Å²) in [6.07, 6.45) is 0.618. The van der Waals surface area contributed by atoms with E-state index in [1.165, 1.54) is 14.1 Å². The fraction of sp³-hybridized carbons (Fsp3) is 0.400. The second kappa shape index (κ2) is 7.39. The predicted molar refractivity (Wildman–Crippen MR) is 93.2 cm³/mol. The topological polar surface area (TPSA) is 71.5 Å². The van der Waals surface area contributed by atoms with Gasteiger partial charge in [0.25, 0.3) is 10.2 Å². The van der Waals surface area contributed by atoms with E-state index >= 15 is 0 Å². The first kappa shape index (κ1) is 17.9. The molecule has 0 bridgehead atoms. The number of thiazole rings is 1. The molecule has 0 unspecified atom stereocenters. The SMILES string of the molecule is COc1ccc(-c2nc(C)c(CCNS(=O)(=O)N(C)C)s2)cc1. The van der Waals surface area contributed by atoms with E-state index < -0.39 is 10.2 Å². The number of rotatable bonds is 7. The van der Waals surface area contributed by atoms with Crippen LogP contribution in [0.3, 0.4) is 0 Å². The van der Waals surface area contributed by atoms with Crippen LogP contribution in [0.15, 0.2) is 24.3 Å². The van der Waals surface area contributed by atoms with Gasteiger partial charge in [0, 0.05) is 31.1 Å². The fourth-order valence-electron chi connectivity index (χ4n) is 1.94. The summed E-state index contributed by atoms with van der Waals surface area (Å²) in [6.45, 7) is 2.30. The minimum Gasteiger partial charge on any atom is -0.497 e. The number of nitrogens with one attached hydrogen (secondary N) is 1. The molecule has 0 radical (unpaired) electrons. The summed E-state index contributed by atoms with van der Waals surface area (Å²) in [5, 5.41) is 0.926. The minimum absolute atomic E-state index is 0.353. The Balaban J connectivity index is 2.06. The van der Waals surface area contributed by atoms with E-state index in [1.807, 2.05) is 31.2 Å². The lowest BCUT2D eigenvalue weighted by Gasteiger charge is -2.11. The maximum atomic E-state index is 11.7. The second-order valence-corrected chi connectivity index (χ2v) is 8.24. The monoisotopic (exact) mass is 355 g/mol. The summed E-state index contributed by atoms with van der Waals surface area (Å²) in [5.74, 6) is 0.806. The molecule has 126 valence electrons. The van der Waals surface area contributed by atoms with Crippen molar-refractivity contribution in [2.45, 2.75) is 13.3 Å². The molecule has 1 N–H and O–H groups in total. The standard InChI is InChI=1S/C15H21N3O3S2/c1-11-14(9-10-16-23(19,20)18(2)3)22-15(17-11)12-5-7-13(21-4)8-6-12/h5-8,16H,9-10H2,1-4H3. The van der Waals surface area contributed by atoms with Crippen molar-refractivity contribution in [2.75, 3.05) is 27.7 Å². The first-order valence-electron chi connectivity index (χ1n) is 7.11. The normalized spacial score (nSPS) is 11.9. The molecule has 8 heteroatoms. The number of aromatic nitrogens is 1. The number of methoxy groups -OCH3 is 1. The van der Waals surface area contributed by atoms with Crippen molar-refractivity contribution >= 4 is 21.5 Å². The smallest absolute Gasteiger partial charge is 0.278 e. The first-order chi connectivity index (χ1) is 10.8. The molecule has 0 saturated heterocycles. The molecule has 1 heterocycles. The lowest BCUT2D eigenvalue weighted by molar-refractivity contribution is 0.415. The molecule has 2 rings (SSSR count). The van der Waals surface area contributed by atoms with Crippen LogP contribution in [0.25, 0.3) is 10.6 Å². The molecule has 0 atom stereocenters. The Morgan fingerprint density at radius 3 is 2.48 bits per heavy atom. The Kier molecular flexibility index (Phi) is 5.74. The van der Waals surface area contributed by atoms with Crippen molar-refractivity contribution in [2.24, 2.45) is 0 Å². The molecule has 0 saturated carbocycles. The molecular formula is C15H21N3O3S2. The highest BCUT2D eigenvalue weighted by molar-refractivity contribution is 7.87. The third-order valence-corrected chi connectivity index (χ3v) is 6.14. The summed E-state index contributed by atoms with van der Waals surface area (Å²) in [4.78, 5) is 5.66. The van der Waals surface area contributed by atoms with E-state index in [2.05, 4.69) is 9.71 Å². The van der Waals surface area contributed by atoms with Crippen LogP contribution in [0.1, 0.15) is 10.6 Å². The van der Waals surface area contributed by atoms with Crippen LogP contribution in [0.5, 0.6) is 5.75 Å². The molecule has 0 aliphatic rings. The van der Waals surface area contributed by atoms with Crippen molar-refractivity contribution in [3.05, 3.63) is 34.8 Å². The Hall–Kier alpha value is -1.48. The van der Waals surface area contributed by atoms with Crippen LogP contribution in [-0.2, 0) is 16.6 Å². The number of hydrogen-bond donors (Lipinski definition) is 1. The van der Waals surface area contributed by atoms with Gasteiger partial charge in [-0.3, -0.25) is 0 Å². The molecule has 6 nitrogen and oxygen atoms in total. The number of aryl methyl sites for hydroxylation is 1. The number of hydrogen-bond acceptors (Lipinski definition) is 5. The minimum atomic E-state index is -3.38. The van der Waals surface area contributed by atoms with Crippen LogP contribution < -0.4 is 9.46 Å². The molecule has 23 heavy (non-hydrogen) atoms. The maximum absolute atomic E-state index is 11.7. The lowest BCUT2D eigenvalue weighted by atomic mass is 10.2. The summed E-state index contributed by atoms with van der Waals surface area (Å²) in [5.41, 5.74) is 1.96. The highest BCUT2D eigenvalue weighted by atomic mass is 32.2. The number of nitrogens with zero attached hydrogens (tertiary/aromatic N) is 2. The molecule has 0 aliphatic carbocycles. The number of ether oxygens (including phenoxy) is 1. The van der Waals surface area contributed by atoms with E-state index in [4.69, 9.17) is 4.74 Å². The van der Waals surface area contributed by atoms with Crippen molar-refractivity contribution in [1.29, 1.82) is 0 Å². The Labute approximate surface area is 141 Å². The zero-order chi connectivity index (χ0) is 17.0. The molecule has 0 amide bonds. The average Bonchev–Trinajstić information content (AvgIpc) is 2.88. The molecule has 1 aromatic heterocycles. The van der Waals surface area contributed by atoms with Gasteiger partial charge in [-0.05, 0) is 37.6 Å². The third kappa shape index (κ3) is 4.51. The van der Waals surface area contributed by atoms with E-state index in [0.717, 1.165) is 31.2 Å². The summed E-state index contributed by atoms with van der Waals surface area (Å²) >= 11 is 1.58. The van der Waals surface area contributed by atoms with Crippen molar-refractivity contribution in [1.82, 2.24) is 14.0 Å². The van der Waals surface area contributed by atoms with Crippen LogP contribution in [0, 0.1) is 6.92 Å². The zero-order valence-corrected chi connectivity index (χ0v) is 15.3. The van der Waals surface area contributed by atoms with Crippen molar-refractivity contribution < 1.29 is 13.2 Å². The van der Waals surface area contributed by atoms with Gasteiger partial charge in [0.15, 0.2) is 0 Å². The predicted octanol–water partition coefficient (Wildman–Crippen LogP) is 2.07.